The van der Waals surface area contributed by atoms with E-state index in [0.717, 1.165) is 16.9 Å². The summed E-state index contributed by atoms with van der Waals surface area (Å²) < 4.78 is 7.45. The average molecular weight is 483 g/mol. The predicted octanol–water partition coefficient (Wildman–Crippen LogP) is 4.86. The van der Waals surface area contributed by atoms with Crippen LogP contribution in [-0.2, 0) is 16.1 Å². The summed E-state index contributed by atoms with van der Waals surface area (Å²) in [6.45, 7) is 8.71. The molecule has 7 nitrogen and oxygen atoms in total. The summed E-state index contributed by atoms with van der Waals surface area (Å²) in [6, 6.07) is 13.2. The van der Waals surface area contributed by atoms with E-state index in [-0.39, 0.29) is 36.4 Å². The van der Waals surface area contributed by atoms with Crippen molar-refractivity contribution in [3.8, 4) is 5.75 Å². The first kappa shape index (κ1) is 24.1. The number of rotatable bonds is 7. The first-order chi connectivity index (χ1) is 16.2. The van der Waals surface area contributed by atoms with Crippen LogP contribution < -0.4 is 9.64 Å². The van der Waals surface area contributed by atoms with Crippen molar-refractivity contribution >= 4 is 40.1 Å². The molecule has 2 aromatic carbocycles. The number of benzene rings is 2. The molecule has 34 heavy (non-hydrogen) atoms. The maximum absolute atomic E-state index is 13.3. The quantitative estimate of drug-likeness (QED) is 0.482. The third kappa shape index (κ3) is 4.49. The Labute approximate surface area is 205 Å². The van der Waals surface area contributed by atoms with Crippen LogP contribution in [0.4, 0.5) is 5.69 Å². The van der Waals surface area contributed by atoms with Gasteiger partial charge in [-0.1, -0.05) is 23.7 Å². The number of anilines is 1. The first-order valence-electron chi connectivity index (χ1n) is 11.6. The molecule has 3 aromatic rings. The van der Waals surface area contributed by atoms with Gasteiger partial charge in [-0.15, -0.1) is 0 Å². The lowest BCUT2D eigenvalue weighted by molar-refractivity contribution is -0.135. The summed E-state index contributed by atoms with van der Waals surface area (Å²) in [5, 5.41) is 0.535. The minimum absolute atomic E-state index is 0.0264. The van der Waals surface area contributed by atoms with Gasteiger partial charge in [0.25, 0.3) is 0 Å². The standard InChI is InChI=1S/C26H31ClN4O3/c1-16(2)31(17(3)4)25(33)15-30-21-9-7-6-8-20(21)28-26(30)18-12-24(32)29(14-18)22-13-19(27)10-11-23(22)34-5/h6-11,13,16-18H,12,14-15H2,1-5H3/t18-/m1/s1. The van der Waals surface area contributed by atoms with E-state index >= 15 is 0 Å². The van der Waals surface area contributed by atoms with E-state index in [0.29, 0.717) is 29.4 Å². The third-order valence-corrected chi connectivity index (χ3v) is 6.54. The monoisotopic (exact) mass is 482 g/mol. The zero-order valence-corrected chi connectivity index (χ0v) is 21.0. The Hall–Kier alpha value is -3.06. The third-order valence-electron chi connectivity index (χ3n) is 6.30. The minimum atomic E-state index is -0.164. The van der Waals surface area contributed by atoms with Gasteiger partial charge in [-0.2, -0.15) is 0 Å². The molecule has 180 valence electrons. The van der Waals surface area contributed by atoms with Crippen molar-refractivity contribution in [1.82, 2.24) is 14.5 Å². The summed E-state index contributed by atoms with van der Waals surface area (Å²) in [6.07, 6.45) is 0.297. The Morgan fingerprint density at radius 3 is 2.56 bits per heavy atom. The second-order valence-electron chi connectivity index (χ2n) is 9.25. The summed E-state index contributed by atoms with van der Waals surface area (Å²) in [5.74, 6) is 1.18. The molecule has 1 fully saturated rings. The smallest absolute Gasteiger partial charge is 0.243 e. The zero-order chi connectivity index (χ0) is 24.6. The van der Waals surface area contributed by atoms with E-state index in [2.05, 4.69) is 0 Å². The van der Waals surface area contributed by atoms with E-state index < -0.39 is 0 Å². The Balaban J connectivity index is 1.71. The van der Waals surface area contributed by atoms with Crippen LogP contribution in [0.2, 0.25) is 5.02 Å². The molecule has 1 aliphatic heterocycles. The van der Waals surface area contributed by atoms with Crippen molar-refractivity contribution in [3.05, 3.63) is 53.3 Å². The highest BCUT2D eigenvalue weighted by Gasteiger charge is 2.36. The van der Waals surface area contributed by atoms with Crippen molar-refractivity contribution in [2.75, 3.05) is 18.6 Å². The SMILES string of the molecule is COc1ccc(Cl)cc1N1C[C@H](c2nc3ccccc3n2CC(=O)N(C(C)C)C(C)C)CC1=O. The average Bonchev–Trinajstić information content (AvgIpc) is 3.33. The highest BCUT2D eigenvalue weighted by Crippen LogP contribution is 2.38. The highest BCUT2D eigenvalue weighted by molar-refractivity contribution is 6.31. The number of carbonyl (C=O) groups is 2. The van der Waals surface area contributed by atoms with Crippen molar-refractivity contribution in [2.45, 2.75) is 58.7 Å². The molecule has 0 radical (unpaired) electrons. The van der Waals surface area contributed by atoms with Crippen LogP contribution in [0.3, 0.4) is 0 Å². The molecule has 1 atom stereocenters. The number of fused-ring (bicyclic) bond motifs is 1. The molecular weight excluding hydrogens is 452 g/mol. The number of hydrogen-bond donors (Lipinski definition) is 0. The van der Waals surface area contributed by atoms with Crippen LogP contribution >= 0.6 is 11.6 Å². The fourth-order valence-electron chi connectivity index (χ4n) is 4.95. The molecule has 2 heterocycles. The second-order valence-corrected chi connectivity index (χ2v) is 9.69. The number of halogens is 1. The normalized spacial score (nSPS) is 16.2. The number of nitrogens with zero attached hydrogens (tertiary/aromatic N) is 4. The molecule has 0 unspecified atom stereocenters. The van der Waals surface area contributed by atoms with Crippen LogP contribution in [0.15, 0.2) is 42.5 Å². The topological polar surface area (TPSA) is 67.7 Å². The van der Waals surface area contributed by atoms with Crippen molar-refractivity contribution in [3.63, 3.8) is 0 Å². The largest absolute Gasteiger partial charge is 0.495 e. The van der Waals surface area contributed by atoms with Crippen molar-refractivity contribution < 1.29 is 14.3 Å². The number of imidazole rings is 1. The minimum Gasteiger partial charge on any atom is -0.495 e. The van der Waals surface area contributed by atoms with E-state index in [4.69, 9.17) is 21.3 Å². The molecule has 1 aliphatic rings. The number of amides is 2. The number of hydrogen-bond acceptors (Lipinski definition) is 4. The summed E-state index contributed by atoms with van der Waals surface area (Å²) in [5.41, 5.74) is 2.36. The Morgan fingerprint density at radius 2 is 1.88 bits per heavy atom. The lowest BCUT2D eigenvalue weighted by Gasteiger charge is -2.31. The maximum atomic E-state index is 13.3. The zero-order valence-electron chi connectivity index (χ0n) is 20.3. The molecule has 4 rings (SSSR count). The molecule has 2 amide bonds. The van der Waals surface area contributed by atoms with Crippen LogP contribution in [0, 0.1) is 0 Å². The molecule has 1 aromatic heterocycles. The van der Waals surface area contributed by atoms with Gasteiger partial charge >= 0.3 is 0 Å². The lowest BCUT2D eigenvalue weighted by Crippen LogP contribution is -2.44. The summed E-state index contributed by atoms with van der Waals surface area (Å²) in [4.78, 5) is 34.9. The maximum Gasteiger partial charge on any atom is 0.243 e. The van der Waals surface area contributed by atoms with Crippen molar-refractivity contribution in [1.29, 1.82) is 0 Å². The second kappa shape index (κ2) is 9.66. The lowest BCUT2D eigenvalue weighted by atomic mass is 10.1. The first-order valence-corrected chi connectivity index (χ1v) is 12.0. The van der Waals surface area contributed by atoms with Gasteiger partial charge in [0.15, 0.2) is 0 Å². The summed E-state index contributed by atoms with van der Waals surface area (Å²) >= 11 is 6.22. The Bertz CT molecular complexity index is 1210. The van der Waals surface area contributed by atoms with Gasteiger partial charge in [0, 0.05) is 36.0 Å². The number of aromatic nitrogens is 2. The summed E-state index contributed by atoms with van der Waals surface area (Å²) in [7, 11) is 1.57. The molecular formula is C26H31ClN4O3. The van der Waals surface area contributed by atoms with Gasteiger partial charge in [-0.25, -0.2) is 4.98 Å². The fraction of sp³-hybridized carbons (Fsp3) is 0.423. The fourth-order valence-corrected chi connectivity index (χ4v) is 5.11. The number of methoxy groups -OCH3 is 1. The van der Waals surface area contributed by atoms with E-state index in [9.17, 15) is 9.59 Å². The molecule has 0 spiro atoms. The van der Waals surface area contributed by atoms with E-state index in [1.807, 2.05) is 61.4 Å². The number of para-hydroxylation sites is 2. The number of carbonyl (C=O) groups excluding carboxylic acids is 2. The molecule has 0 N–H and O–H groups in total. The molecule has 8 heteroatoms. The van der Waals surface area contributed by atoms with Gasteiger partial charge in [-0.3, -0.25) is 9.59 Å². The Kier molecular flexibility index (Phi) is 6.84. The molecule has 0 aliphatic carbocycles. The van der Waals surface area contributed by atoms with E-state index in [1.54, 1.807) is 30.2 Å². The van der Waals surface area contributed by atoms with Crippen molar-refractivity contribution in [2.24, 2.45) is 0 Å². The molecule has 0 bridgehead atoms. The van der Waals surface area contributed by atoms with Crippen LogP contribution in [-0.4, -0.2) is 52.0 Å². The van der Waals surface area contributed by atoms with Gasteiger partial charge in [-0.05, 0) is 58.0 Å². The van der Waals surface area contributed by atoms with Gasteiger partial charge in [0.2, 0.25) is 11.8 Å². The van der Waals surface area contributed by atoms with Gasteiger partial charge < -0.3 is 19.1 Å². The molecule has 1 saturated heterocycles. The van der Waals surface area contributed by atoms with Crippen LogP contribution in [0.25, 0.3) is 11.0 Å². The van der Waals surface area contributed by atoms with Crippen LogP contribution in [0.5, 0.6) is 5.75 Å². The van der Waals surface area contributed by atoms with Crippen LogP contribution in [0.1, 0.15) is 45.9 Å². The molecule has 0 saturated carbocycles. The predicted molar refractivity (Wildman–Crippen MR) is 135 cm³/mol. The highest BCUT2D eigenvalue weighted by atomic mass is 35.5. The van der Waals surface area contributed by atoms with Gasteiger partial charge in [0.05, 0.1) is 23.8 Å². The van der Waals surface area contributed by atoms with Gasteiger partial charge in [0.1, 0.15) is 18.1 Å². The van der Waals surface area contributed by atoms with E-state index in [1.165, 1.54) is 0 Å². The number of ether oxygens (including phenoxy) is 1. The Morgan fingerprint density at radius 1 is 1.18 bits per heavy atom.